The number of carbonyl (C=O) groups is 2. The number of likely N-dealkylation sites (tertiary alicyclic amines) is 1. The normalized spacial score (nSPS) is 29.9. The Bertz CT molecular complexity index is 387. The maximum Gasteiger partial charge on any atom is 0.307 e. The van der Waals surface area contributed by atoms with Crippen molar-refractivity contribution in [3.05, 3.63) is 0 Å². The minimum atomic E-state index is -0.861. The summed E-state index contributed by atoms with van der Waals surface area (Å²) < 4.78 is 0. The Balaban J connectivity index is 1.70. The number of rotatable bonds is 5. The predicted molar refractivity (Wildman–Crippen MR) is 76.2 cm³/mol. The van der Waals surface area contributed by atoms with Gasteiger partial charge >= 0.3 is 5.97 Å². The number of carboxylic acid groups (broad SMARTS) is 1. The van der Waals surface area contributed by atoms with Crippen molar-refractivity contribution in [2.45, 2.75) is 33.6 Å². The maximum absolute atomic E-state index is 12.0. The van der Waals surface area contributed by atoms with Gasteiger partial charge in [0.2, 0.25) is 5.91 Å². The largest absolute Gasteiger partial charge is 0.481 e. The van der Waals surface area contributed by atoms with Crippen LogP contribution in [0.5, 0.6) is 0 Å². The molecule has 20 heavy (non-hydrogen) atoms. The summed E-state index contributed by atoms with van der Waals surface area (Å²) in [5, 5.41) is 12.0. The molecule has 0 aromatic carbocycles. The molecule has 0 aromatic heterocycles. The van der Waals surface area contributed by atoms with Gasteiger partial charge in [0, 0.05) is 13.1 Å². The van der Waals surface area contributed by atoms with E-state index in [4.69, 9.17) is 5.11 Å². The molecule has 2 N–H and O–H groups in total. The average molecular weight is 282 g/mol. The number of aliphatic carboxylic acids is 1. The van der Waals surface area contributed by atoms with Crippen molar-refractivity contribution >= 4 is 11.9 Å². The average Bonchev–Trinajstić information content (AvgIpc) is 2.95. The topological polar surface area (TPSA) is 69.6 Å². The number of hydrogen-bond acceptors (Lipinski definition) is 3. The lowest BCUT2D eigenvalue weighted by Gasteiger charge is -2.30. The molecule has 5 heteroatoms. The number of hydrogen-bond donors (Lipinski definition) is 2. The van der Waals surface area contributed by atoms with Crippen LogP contribution in [0.3, 0.4) is 0 Å². The molecule has 114 valence electrons. The Morgan fingerprint density at radius 3 is 2.35 bits per heavy atom. The second-order valence-electron chi connectivity index (χ2n) is 6.93. The first-order chi connectivity index (χ1) is 9.34. The van der Waals surface area contributed by atoms with Gasteiger partial charge in [-0.15, -0.1) is 0 Å². The SMILES string of the molecule is CC1CCN(CCNC(=O)[C@H]2[C@@H](C(=O)O)C2(C)C)CC1. The summed E-state index contributed by atoms with van der Waals surface area (Å²) in [6.07, 6.45) is 2.45. The molecule has 1 saturated heterocycles. The minimum Gasteiger partial charge on any atom is -0.481 e. The van der Waals surface area contributed by atoms with E-state index in [0.717, 1.165) is 25.6 Å². The van der Waals surface area contributed by atoms with Crippen molar-refractivity contribution in [3.8, 4) is 0 Å². The van der Waals surface area contributed by atoms with Gasteiger partial charge in [-0.3, -0.25) is 9.59 Å². The second kappa shape index (κ2) is 5.72. The predicted octanol–water partition coefficient (Wildman–Crippen LogP) is 1.19. The number of amides is 1. The quantitative estimate of drug-likeness (QED) is 0.795. The molecule has 0 bridgehead atoms. The van der Waals surface area contributed by atoms with Crippen molar-refractivity contribution in [1.82, 2.24) is 10.2 Å². The molecular formula is C15H26N2O3. The fourth-order valence-electron chi connectivity index (χ4n) is 3.32. The summed E-state index contributed by atoms with van der Waals surface area (Å²) in [4.78, 5) is 25.5. The van der Waals surface area contributed by atoms with E-state index in [0.29, 0.717) is 6.54 Å². The lowest BCUT2D eigenvalue weighted by atomic mass is 9.99. The Morgan fingerprint density at radius 2 is 1.85 bits per heavy atom. The summed E-state index contributed by atoms with van der Waals surface area (Å²) in [5.41, 5.74) is -0.406. The third kappa shape index (κ3) is 3.14. The van der Waals surface area contributed by atoms with Gasteiger partial charge in [0.25, 0.3) is 0 Å². The highest BCUT2D eigenvalue weighted by Gasteiger charge is 2.65. The summed E-state index contributed by atoms with van der Waals surface area (Å²) in [5.74, 6) is -1.06. The van der Waals surface area contributed by atoms with E-state index >= 15 is 0 Å². The van der Waals surface area contributed by atoms with Gasteiger partial charge in [-0.2, -0.15) is 0 Å². The van der Waals surface area contributed by atoms with Crippen molar-refractivity contribution in [1.29, 1.82) is 0 Å². The fourth-order valence-corrected chi connectivity index (χ4v) is 3.32. The monoisotopic (exact) mass is 282 g/mol. The molecule has 2 aliphatic rings. The number of nitrogens with zero attached hydrogens (tertiary/aromatic N) is 1. The first kappa shape index (κ1) is 15.3. The molecule has 2 atom stereocenters. The van der Waals surface area contributed by atoms with E-state index in [1.807, 2.05) is 13.8 Å². The van der Waals surface area contributed by atoms with Crippen LogP contribution in [-0.2, 0) is 9.59 Å². The molecule has 0 radical (unpaired) electrons. The van der Waals surface area contributed by atoms with E-state index < -0.39 is 17.3 Å². The van der Waals surface area contributed by atoms with Crippen LogP contribution in [0.1, 0.15) is 33.6 Å². The van der Waals surface area contributed by atoms with Gasteiger partial charge in [-0.05, 0) is 37.3 Å². The van der Waals surface area contributed by atoms with Crippen molar-refractivity contribution in [3.63, 3.8) is 0 Å². The molecular weight excluding hydrogens is 256 g/mol. The minimum absolute atomic E-state index is 0.104. The molecule has 1 heterocycles. The van der Waals surface area contributed by atoms with Gasteiger partial charge < -0.3 is 15.3 Å². The van der Waals surface area contributed by atoms with Crippen LogP contribution in [0, 0.1) is 23.2 Å². The van der Waals surface area contributed by atoms with Gasteiger partial charge in [-0.25, -0.2) is 0 Å². The summed E-state index contributed by atoms with van der Waals surface area (Å²) in [6.45, 7) is 9.66. The Morgan fingerprint density at radius 1 is 1.25 bits per heavy atom. The highest BCUT2D eigenvalue weighted by atomic mass is 16.4. The van der Waals surface area contributed by atoms with E-state index in [1.165, 1.54) is 12.8 Å². The van der Waals surface area contributed by atoms with E-state index in [-0.39, 0.29) is 11.8 Å². The fraction of sp³-hybridized carbons (Fsp3) is 0.867. The van der Waals surface area contributed by atoms with Crippen LogP contribution in [0.25, 0.3) is 0 Å². The molecule has 0 aromatic rings. The third-order valence-electron chi connectivity index (χ3n) is 4.98. The van der Waals surface area contributed by atoms with Crippen LogP contribution >= 0.6 is 0 Å². The van der Waals surface area contributed by atoms with Gasteiger partial charge in [0.1, 0.15) is 0 Å². The van der Waals surface area contributed by atoms with E-state index in [1.54, 1.807) is 0 Å². The number of carbonyl (C=O) groups excluding carboxylic acids is 1. The van der Waals surface area contributed by atoms with Gasteiger partial charge in [0.05, 0.1) is 11.8 Å². The molecule has 1 saturated carbocycles. The molecule has 1 aliphatic carbocycles. The lowest BCUT2D eigenvalue weighted by Crippen LogP contribution is -2.40. The van der Waals surface area contributed by atoms with Crippen LogP contribution < -0.4 is 5.32 Å². The van der Waals surface area contributed by atoms with Crippen LogP contribution in [-0.4, -0.2) is 48.1 Å². The summed E-state index contributed by atoms with van der Waals surface area (Å²) >= 11 is 0. The zero-order valence-electron chi connectivity index (χ0n) is 12.7. The second-order valence-corrected chi connectivity index (χ2v) is 6.93. The van der Waals surface area contributed by atoms with Crippen LogP contribution in [0.4, 0.5) is 0 Å². The summed E-state index contributed by atoms with van der Waals surface area (Å²) in [7, 11) is 0. The van der Waals surface area contributed by atoms with Crippen LogP contribution in [0.15, 0.2) is 0 Å². The van der Waals surface area contributed by atoms with Gasteiger partial charge in [0.15, 0.2) is 0 Å². The molecule has 5 nitrogen and oxygen atoms in total. The number of carboxylic acids is 1. The van der Waals surface area contributed by atoms with Crippen molar-refractivity contribution < 1.29 is 14.7 Å². The molecule has 1 amide bonds. The molecule has 1 aliphatic heterocycles. The first-order valence-corrected chi connectivity index (χ1v) is 7.57. The smallest absolute Gasteiger partial charge is 0.307 e. The Labute approximate surface area is 120 Å². The molecule has 2 fully saturated rings. The molecule has 2 rings (SSSR count). The van der Waals surface area contributed by atoms with E-state index in [9.17, 15) is 9.59 Å². The van der Waals surface area contributed by atoms with Crippen molar-refractivity contribution in [2.24, 2.45) is 23.2 Å². The van der Waals surface area contributed by atoms with Gasteiger partial charge in [-0.1, -0.05) is 20.8 Å². The molecule has 0 spiro atoms. The lowest BCUT2D eigenvalue weighted by molar-refractivity contribution is -0.140. The number of nitrogens with one attached hydrogen (secondary N) is 1. The number of piperidine rings is 1. The Hall–Kier alpha value is -1.10. The maximum atomic E-state index is 12.0. The summed E-state index contributed by atoms with van der Waals surface area (Å²) in [6, 6.07) is 0. The van der Waals surface area contributed by atoms with Crippen LogP contribution in [0.2, 0.25) is 0 Å². The zero-order valence-corrected chi connectivity index (χ0v) is 12.7. The zero-order chi connectivity index (χ0) is 14.9. The highest BCUT2D eigenvalue weighted by Crippen LogP contribution is 2.58. The first-order valence-electron chi connectivity index (χ1n) is 7.57. The highest BCUT2D eigenvalue weighted by molar-refractivity contribution is 5.91. The third-order valence-corrected chi connectivity index (χ3v) is 4.98. The van der Waals surface area contributed by atoms with Crippen molar-refractivity contribution in [2.75, 3.05) is 26.2 Å². The Kier molecular flexibility index (Phi) is 4.37. The standard InChI is InChI=1S/C15H26N2O3/c1-10-4-7-17(8-5-10)9-6-16-13(18)11-12(14(19)20)15(11,2)3/h10-12H,4-9H2,1-3H3,(H,16,18)(H,19,20)/t11-,12+/m1/s1. The van der Waals surface area contributed by atoms with E-state index in [2.05, 4.69) is 17.1 Å². The molecule has 0 unspecified atom stereocenters.